The van der Waals surface area contributed by atoms with Crippen LogP contribution in [0.1, 0.15) is 59.2 Å². The molecule has 216 valence electrons. The predicted octanol–water partition coefficient (Wildman–Crippen LogP) is 9.41. The van der Waals surface area contributed by atoms with E-state index in [1.54, 1.807) is 11.3 Å². The summed E-state index contributed by atoms with van der Waals surface area (Å²) in [6.07, 6.45) is 7.25. The van der Waals surface area contributed by atoms with E-state index in [9.17, 15) is 4.79 Å². The smallest absolute Gasteiger partial charge is 0.305 e. The highest BCUT2D eigenvalue weighted by Gasteiger charge is 2.19. The third-order valence-electron chi connectivity index (χ3n) is 7.62. The van der Waals surface area contributed by atoms with Crippen LogP contribution < -0.4 is 10.2 Å². The lowest BCUT2D eigenvalue weighted by Crippen LogP contribution is -2.17. The molecule has 0 radical (unpaired) electrons. The lowest BCUT2D eigenvalue weighted by atomic mass is 9.93. The molecule has 0 fully saturated rings. The molecule has 1 aromatic heterocycles. The third-order valence-corrected chi connectivity index (χ3v) is 9.02. The molecule has 3 aromatic carbocycles. The molecule has 0 unspecified atom stereocenters. The van der Waals surface area contributed by atoms with Crippen molar-refractivity contribution >= 4 is 51.0 Å². The number of aromatic nitrogens is 1. The average Bonchev–Trinajstić information content (AvgIpc) is 3.39. The summed E-state index contributed by atoms with van der Waals surface area (Å²) in [5.74, 6) is -0.833. The Kier molecular flexibility index (Phi) is 9.45. The number of hydrogen-bond acceptors (Lipinski definition) is 5. The van der Waals surface area contributed by atoms with Crippen LogP contribution in [0.3, 0.4) is 0 Å². The zero-order valence-corrected chi connectivity index (χ0v) is 25.7. The van der Waals surface area contributed by atoms with Gasteiger partial charge in [0.15, 0.2) is 5.13 Å². The topological polar surface area (TPSA) is 65.5 Å². The summed E-state index contributed by atoms with van der Waals surface area (Å²) in [7, 11) is 0. The monoisotopic (exact) mass is 597 g/mol. The molecule has 7 heteroatoms. The second-order valence-corrected chi connectivity index (χ2v) is 12.3. The van der Waals surface area contributed by atoms with Gasteiger partial charge in [0.25, 0.3) is 0 Å². The number of carbonyl (C=O) groups is 1. The van der Waals surface area contributed by atoms with Crippen LogP contribution in [0, 0.1) is 13.8 Å². The lowest BCUT2D eigenvalue weighted by Gasteiger charge is -2.23. The fourth-order valence-corrected chi connectivity index (χ4v) is 6.28. The third kappa shape index (κ3) is 7.12. The molecule has 1 heterocycles. The number of hydrogen-bond donors (Lipinski definition) is 2. The van der Waals surface area contributed by atoms with Gasteiger partial charge in [0, 0.05) is 33.4 Å². The van der Waals surface area contributed by atoms with Crippen LogP contribution in [0.25, 0.3) is 22.5 Å². The van der Waals surface area contributed by atoms with Crippen molar-refractivity contribution in [3.8, 4) is 11.3 Å². The van der Waals surface area contributed by atoms with Gasteiger partial charge in [0.05, 0.1) is 18.7 Å². The molecule has 42 heavy (non-hydrogen) atoms. The maximum Gasteiger partial charge on any atom is 0.305 e. The number of allylic oxidation sites excluding steroid dienone is 2. The fraction of sp³-hybridized carbons (Fsp3) is 0.257. The molecule has 5 rings (SSSR count). The van der Waals surface area contributed by atoms with Gasteiger partial charge in [-0.1, -0.05) is 72.8 Å². The second-order valence-electron chi connectivity index (χ2n) is 10.7. The molecule has 0 aliphatic heterocycles. The zero-order valence-electron chi connectivity index (χ0n) is 24.1. The Balaban J connectivity index is 1.44. The molecule has 0 bridgehead atoms. The van der Waals surface area contributed by atoms with Crippen molar-refractivity contribution in [2.24, 2.45) is 0 Å². The zero-order chi connectivity index (χ0) is 29.6. The summed E-state index contributed by atoms with van der Waals surface area (Å²) in [6.45, 7) is 9.17. The summed E-state index contributed by atoms with van der Waals surface area (Å²) in [5, 5.41) is 13.7. The first kappa shape index (κ1) is 29.6. The van der Waals surface area contributed by atoms with Crippen LogP contribution in [-0.4, -0.2) is 22.6 Å². The Morgan fingerprint density at radius 2 is 1.79 bits per heavy atom. The molecular weight excluding hydrogens is 562 g/mol. The molecule has 0 atom stereocenters. The number of anilines is 2. The largest absolute Gasteiger partial charge is 0.481 e. The standard InChI is InChI=1S/C35H36ClN3O2S/c1-23-9-12-30(21-32(23)36)34-25(3)42-35(38-34)39(31-17-15-29(16-18-31)28-7-5-4-6-8-28)22-26-10-13-27(14-11-26)24(2)37-20-19-33(40)41/h7,9-18,21,37H,2,4-6,8,19-20,22H2,1,3H3,(H,40,41). The van der Waals surface area contributed by atoms with E-state index >= 15 is 0 Å². The van der Waals surface area contributed by atoms with Crippen molar-refractivity contribution in [2.75, 3.05) is 11.4 Å². The number of aryl methyl sites for hydroxylation is 2. The van der Waals surface area contributed by atoms with Gasteiger partial charge in [-0.15, -0.1) is 11.3 Å². The highest BCUT2D eigenvalue weighted by molar-refractivity contribution is 7.16. The predicted molar refractivity (Wildman–Crippen MR) is 176 cm³/mol. The Hall–Kier alpha value is -3.87. The van der Waals surface area contributed by atoms with Crippen LogP contribution >= 0.6 is 22.9 Å². The molecule has 1 aliphatic rings. The molecular formula is C35H36ClN3O2S. The molecule has 0 saturated carbocycles. The highest BCUT2D eigenvalue weighted by Crippen LogP contribution is 2.38. The van der Waals surface area contributed by atoms with Gasteiger partial charge in [-0.25, -0.2) is 4.98 Å². The van der Waals surface area contributed by atoms with E-state index in [-0.39, 0.29) is 6.42 Å². The van der Waals surface area contributed by atoms with Crippen molar-refractivity contribution in [2.45, 2.75) is 52.5 Å². The Labute approximate surface area is 257 Å². The van der Waals surface area contributed by atoms with Crippen LogP contribution in [0.4, 0.5) is 10.8 Å². The number of halogens is 1. The summed E-state index contributed by atoms with van der Waals surface area (Å²) in [6, 6.07) is 23.2. The van der Waals surface area contributed by atoms with E-state index in [1.807, 2.05) is 31.2 Å². The summed E-state index contributed by atoms with van der Waals surface area (Å²) < 4.78 is 0. The number of nitrogens with one attached hydrogen (secondary N) is 1. The van der Waals surface area contributed by atoms with Gasteiger partial charge < -0.3 is 15.3 Å². The van der Waals surface area contributed by atoms with Gasteiger partial charge >= 0.3 is 5.97 Å². The first-order valence-electron chi connectivity index (χ1n) is 14.3. The van der Waals surface area contributed by atoms with Gasteiger partial charge in [0.1, 0.15) is 0 Å². The molecule has 1 aliphatic carbocycles. The normalized spacial score (nSPS) is 13.0. The summed E-state index contributed by atoms with van der Waals surface area (Å²) >= 11 is 8.15. The van der Waals surface area contributed by atoms with E-state index in [2.05, 4.69) is 72.3 Å². The average molecular weight is 598 g/mol. The van der Waals surface area contributed by atoms with Crippen LogP contribution in [0.2, 0.25) is 5.02 Å². The van der Waals surface area contributed by atoms with Crippen LogP contribution in [-0.2, 0) is 11.3 Å². The highest BCUT2D eigenvalue weighted by atomic mass is 35.5. The fourth-order valence-electron chi connectivity index (χ4n) is 5.15. The van der Waals surface area contributed by atoms with Crippen molar-refractivity contribution in [1.82, 2.24) is 10.3 Å². The van der Waals surface area contributed by atoms with Crippen molar-refractivity contribution in [3.05, 3.63) is 112 Å². The molecule has 0 spiro atoms. The molecule has 0 amide bonds. The molecule has 2 N–H and O–H groups in total. The molecule has 4 aromatic rings. The van der Waals surface area contributed by atoms with E-state index in [1.165, 1.54) is 24.0 Å². The minimum atomic E-state index is -0.833. The maximum absolute atomic E-state index is 10.8. The van der Waals surface area contributed by atoms with E-state index in [0.29, 0.717) is 18.8 Å². The number of nitrogens with zero attached hydrogens (tertiary/aromatic N) is 2. The number of benzene rings is 3. The van der Waals surface area contributed by atoms with Gasteiger partial charge in [-0.05, 0) is 85.6 Å². The number of carboxylic acids is 1. The Bertz CT molecular complexity index is 1610. The lowest BCUT2D eigenvalue weighted by molar-refractivity contribution is -0.136. The second kappa shape index (κ2) is 13.4. The molecule has 5 nitrogen and oxygen atoms in total. The van der Waals surface area contributed by atoms with E-state index < -0.39 is 5.97 Å². The quantitative estimate of drug-likeness (QED) is 0.180. The SMILES string of the molecule is C=C(NCCC(=O)O)c1ccc(CN(c2ccc(C3=CCCCC3)cc2)c2nc(-c3ccc(C)c(Cl)c3)c(C)s2)cc1. The summed E-state index contributed by atoms with van der Waals surface area (Å²) in [4.78, 5) is 19.4. The van der Waals surface area contributed by atoms with Crippen molar-refractivity contribution in [3.63, 3.8) is 0 Å². The first-order valence-corrected chi connectivity index (χ1v) is 15.5. The minimum Gasteiger partial charge on any atom is -0.481 e. The van der Waals surface area contributed by atoms with Gasteiger partial charge in [0.2, 0.25) is 0 Å². The Morgan fingerprint density at radius 3 is 2.45 bits per heavy atom. The van der Waals surface area contributed by atoms with E-state index in [0.717, 1.165) is 61.5 Å². The maximum atomic E-state index is 10.8. The van der Waals surface area contributed by atoms with Crippen molar-refractivity contribution in [1.29, 1.82) is 0 Å². The van der Waals surface area contributed by atoms with E-state index in [4.69, 9.17) is 21.7 Å². The van der Waals surface area contributed by atoms with Gasteiger partial charge in [-0.3, -0.25) is 4.79 Å². The summed E-state index contributed by atoms with van der Waals surface area (Å²) in [5.41, 5.74) is 9.61. The van der Waals surface area contributed by atoms with Crippen LogP contribution in [0.5, 0.6) is 0 Å². The number of carboxylic acid groups (broad SMARTS) is 1. The van der Waals surface area contributed by atoms with Crippen molar-refractivity contribution < 1.29 is 9.90 Å². The minimum absolute atomic E-state index is 0.0478. The first-order chi connectivity index (χ1) is 20.3. The number of aliphatic carboxylic acids is 1. The Morgan fingerprint density at radius 1 is 1.05 bits per heavy atom. The number of rotatable bonds is 11. The number of thiazole rings is 1. The van der Waals surface area contributed by atoms with Gasteiger partial charge in [-0.2, -0.15) is 0 Å². The molecule has 0 saturated heterocycles. The van der Waals surface area contributed by atoms with Crippen LogP contribution in [0.15, 0.2) is 79.4 Å².